The van der Waals surface area contributed by atoms with E-state index in [-0.39, 0.29) is 12.2 Å². The van der Waals surface area contributed by atoms with Crippen molar-refractivity contribution in [2.24, 2.45) is 0 Å². The normalized spacial score (nSPS) is 10.9. The second-order valence-electron chi connectivity index (χ2n) is 5.07. The van der Waals surface area contributed by atoms with Crippen LogP contribution in [0.1, 0.15) is 38.2 Å². The van der Waals surface area contributed by atoms with Crippen LogP contribution in [0.4, 0.5) is 4.39 Å². The Kier molecular flexibility index (Phi) is 7.88. The van der Waals surface area contributed by atoms with E-state index in [9.17, 15) is 9.18 Å². The Bertz CT molecular complexity index is 409. The second-order valence-corrected chi connectivity index (χ2v) is 5.07. The topological polar surface area (TPSA) is 40.5 Å². The zero-order chi connectivity index (χ0) is 14.8. The maximum Gasteiger partial charge on any atom is 0.303 e. The fraction of sp³-hybridized carbons (Fsp3) is 0.562. The first kappa shape index (κ1) is 16.6. The van der Waals surface area contributed by atoms with Crippen molar-refractivity contribution in [2.75, 3.05) is 19.6 Å². The van der Waals surface area contributed by atoms with Gasteiger partial charge in [0.2, 0.25) is 0 Å². The molecule has 0 unspecified atom stereocenters. The number of nitrogens with zero attached hydrogens (tertiary/aromatic N) is 1. The number of benzene rings is 1. The highest BCUT2D eigenvalue weighted by Gasteiger charge is 2.05. The minimum atomic E-state index is -0.730. The lowest BCUT2D eigenvalue weighted by Gasteiger charge is -2.21. The highest BCUT2D eigenvalue weighted by Crippen LogP contribution is 2.07. The quantitative estimate of drug-likeness (QED) is 0.669. The van der Waals surface area contributed by atoms with Crippen LogP contribution in [0.5, 0.6) is 0 Å². The Morgan fingerprint density at radius 2 is 2.05 bits per heavy atom. The molecule has 0 aromatic heterocycles. The zero-order valence-corrected chi connectivity index (χ0v) is 12.1. The van der Waals surface area contributed by atoms with Gasteiger partial charge in [-0.05, 0) is 56.5 Å². The van der Waals surface area contributed by atoms with Crippen molar-refractivity contribution in [1.82, 2.24) is 4.90 Å². The first-order valence-electron chi connectivity index (χ1n) is 7.30. The molecular weight excluding hydrogens is 257 g/mol. The van der Waals surface area contributed by atoms with E-state index >= 15 is 0 Å². The zero-order valence-electron chi connectivity index (χ0n) is 12.1. The number of rotatable bonds is 10. The van der Waals surface area contributed by atoms with Crippen molar-refractivity contribution in [3.63, 3.8) is 0 Å². The molecule has 0 aliphatic rings. The molecule has 3 nitrogen and oxygen atoms in total. The number of carboxylic acids is 1. The van der Waals surface area contributed by atoms with Gasteiger partial charge in [0.1, 0.15) is 5.82 Å². The van der Waals surface area contributed by atoms with Gasteiger partial charge in [-0.1, -0.05) is 19.1 Å². The molecule has 0 heterocycles. The predicted octanol–water partition coefficient (Wildman–Crippen LogP) is 3.34. The Hall–Kier alpha value is -1.42. The highest BCUT2D eigenvalue weighted by molar-refractivity contribution is 5.66. The maximum atomic E-state index is 13.1. The summed E-state index contributed by atoms with van der Waals surface area (Å²) in [6, 6.07) is 6.72. The molecule has 0 spiro atoms. The van der Waals surface area contributed by atoms with Gasteiger partial charge < -0.3 is 10.0 Å². The summed E-state index contributed by atoms with van der Waals surface area (Å²) in [7, 11) is 0. The van der Waals surface area contributed by atoms with Gasteiger partial charge in [-0.3, -0.25) is 4.79 Å². The van der Waals surface area contributed by atoms with E-state index in [1.165, 1.54) is 6.07 Å². The molecule has 0 bridgehead atoms. The minimum absolute atomic E-state index is 0.189. The second kappa shape index (κ2) is 9.48. The van der Waals surface area contributed by atoms with Crippen LogP contribution in [0, 0.1) is 5.82 Å². The molecule has 1 N–H and O–H groups in total. The summed E-state index contributed by atoms with van der Waals surface area (Å²) < 4.78 is 13.1. The van der Waals surface area contributed by atoms with Gasteiger partial charge in [0, 0.05) is 13.0 Å². The van der Waals surface area contributed by atoms with Crippen molar-refractivity contribution in [1.29, 1.82) is 0 Å². The number of hydrogen-bond donors (Lipinski definition) is 1. The number of hydrogen-bond acceptors (Lipinski definition) is 2. The minimum Gasteiger partial charge on any atom is -0.481 e. The predicted molar refractivity (Wildman–Crippen MR) is 78.3 cm³/mol. The van der Waals surface area contributed by atoms with Gasteiger partial charge in [-0.2, -0.15) is 0 Å². The molecule has 0 aliphatic carbocycles. The van der Waals surface area contributed by atoms with Crippen LogP contribution in [0.2, 0.25) is 0 Å². The van der Waals surface area contributed by atoms with Gasteiger partial charge in [0.15, 0.2) is 0 Å². The van der Waals surface area contributed by atoms with Crippen LogP contribution in [-0.2, 0) is 11.2 Å². The molecular formula is C16H24FNO2. The number of carbonyl (C=O) groups is 1. The van der Waals surface area contributed by atoms with Crippen molar-refractivity contribution in [3.05, 3.63) is 35.6 Å². The summed E-state index contributed by atoms with van der Waals surface area (Å²) >= 11 is 0. The smallest absolute Gasteiger partial charge is 0.303 e. The van der Waals surface area contributed by atoms with E-state index in [2.05, 4.69) is 11.8 Å². The summed E-state index contributed by atoms with van der Waals surface area (Å²) in [5.74, 6) is -0.919. The molecule has 112 valence electrons. The fourth-order valence-corrected chi connectivity index (χ4v) is 2.24. The number of unbranched alkanes of at least 4 members (excludes halogenated alkanes) is 1. The summed E-state index contributed by atoms with van der Waals surface area (Å²) in [6.07, 6.45) is 3.76. The maximum absolute atomic E-state index is 13.1. The molecule has 1 rings (SSSR count). The van der Waals surface area contributed by atoms with Crippen molar-refractivity contribution >= 4 is 5.97 Å². The van der Waals surface area contributed by atoms with Gasteiger partial charge in [-0.25, -0.2) is 4.39 Å². The first-order chi connectivity index (χ1) is 9.61. The molecule has 0 fully saturated rings. The summed E-state index contributed by atoms with van der Waals surface area (Å²) in [6.45, 7) is 4.94. The molecule has 0 radical (unpaired) electrons. The molecule has 4 heteroatoms. The number of halogens is 1. The molecule has 0 atom stereocenters. The van der Waals surface area contributed by atoms with E-state index in [1.807, 2.05) is 6.07 Å². The lowest BCUT2D eigenvalue weighted by Crippen LogP contribution is -2.28. The SMILES string of the molecule is CCCN(CCCCC(=O)O)CCc1cccc(F)c1. The van der Waals surface area contributed by atoms with E-state index in [0.29, 0.717) is 0 Å². The molecule has 20 heavy (non-hydrogen) atoms. The van der Waals surface area contributed by atoms with Crippen LogP contribution in [-0.4, -0.2) is 35.6 Å². The summed E-state index contributed by atoms with van der Waals surface area (Å²) in [5.41, 5.74) is 1.01. The summed E-state index contributed by atoms with van der Waals surface area (Å²) in [4.78, 5) is 12.8. The van der Waals surface area contributed by atoms with Crippen LogP contribution < -0.4 is 0 Å². The largest absolute Gasteiger partial charge is 0.481 e. The van der Waals surface area contributed by atoms with Crippen molar-refractivity contribution < 1.29 is 14.3 Å². The lowest BCUT2D eigenvalue weighted by molar-refractivity contribution is -0.137. The third-order valence-corrected chi connectivity index (χ3v) is 3.26. The molecule has 0 amide bonds. The van der Waals surface area contributed by atoms with Crippen LogP contribution in [0.25, 0.3) is 0 Å². The monoisotopic (exact) mass is 281 g/mol. The fourth-order valence-electron chi connectivity index (χ4n) is 2.24. The van der Waals surface area contributed by atoms with E-state index in [1.54, 1.807) is 12.1 Å². The Balaban J connectivity index is 2.32. The van der Waals surface area contributed by atoms with E-state index in [4.69, 9.17) is 5.11 Å². The summed E-state index contributed by atoms with van der Waals surface area (Å²) in [5, 5.41) is 8.61. The third-order valence-electron chi connectivity index (χ3n) is 3.26. The van der Waals surface area contributed by atoms with Crippen LogP contribution in [0.3, 0.4) is 0 Å². The average molecular weight is 281 g/mol. The number of aliphatic carboxylic acids is 1. The van der Waals surface area contributed by atoms with Crippen LogP contribution in [0.15, 0.2) is 24.3 Å². The Labute approximate surface area is 120 Å². The number of carboxylic acid groups (broad SMARTS) is 1. The van der Waals surface area contributed by atoms with E-state index in [0.717, 1.165) is 50.9 Å². The highest BCUT2D eigenvalue weighted by atomic mass is 19.1. The lowest BCUT2D eigenvalue weighted by atomic mass is 10.1. The van der Waals surface area contributed by atoms with Gasteiger partial charge in [0.05, 0.1) is 0 Å². The van der Waals surface area contributed by atoms with E-state index < -0.39 is 5.97 Å². The Morgan fingerprint density at radius 3 is 2.70 bits per heavy atom. The van der Waals surface area contributed by atoms with Gasteiger partial charge >= 0.3 is 5.97 Å². The molecule has 1 aromatic rings. The molecule has 0 saturated heterocycles. The van der Waals surface area contributed by atoms with Crippen molar-refractivity contribution in [3.8, 4) is 0 Å². The van der Waals surface area contributed by atoms with Gasteiger partial charge in [0.25, 0.3) is 0 Å². The molecule has 0 aliphatic heterocycles. The van der Waals surface area contributed by atoms with Crippen LogP contribution >= 0.6 is 0 Å². The Morgan fingerprint density at radius 1 is 1.25 bits per heavy atom. The van der Waals surface area contributed by atoms with Gasteiger partial charge in [-0.15, -0.1) is 0 Å². The average Bonchev–Trinajstić information content (AvgIpc) is 2.40. The first-order valence-corrected chi connectivity index (χ1v) is 7.30. The molecule has 1 aromatic carbocycles. The van der Waals surface area contributed by atoms with Crippen molar-refractivity contribution in [2.45, 2.75) is 39.0 Å². The third kappa shape index (κ3) is 7.24. The standard InChI is InChI=1S/C16H24FNO2/c1-2-10-18(11-4-3-8-16(19)20)12-9-14-6-5-7-15(17)13-14/h5-7,13H,2-4,8-12H2,1H3,(H,19,20). The molecule has 0 saturated carbocycles.